The van der Waals surface area contributed by atoms with Crippen LogP contribution in [0, 0.1) is 0 Å². The number of amides is 1. The molecule has 0 radical (unpaired) electrons. The van der Waals surface area contributed by atoms with Gasteiger partial charge in [-0.05, 0) is 34.6 Å². The van der Waals surface area contributed by atoms with E-state index in [0.29, 0.717) is 0 Å². The lowest BCUT2D eigenvalue weighted by atomic mass is 10.2. The van der Waals surface area contributed by atoms with Crippen molar-refractivity contribution in [3.8, 4) is 0 Å². The van der Waals surface area contributed by atoms with Gasteiger partial charge in [0.05, 0.1) is 6.10 Å². The molecule has 0 aliphatic rings. The Kier molecular flexibility index (Phi) is 5.95. The van der Waals surface area contributed by atoms with E-state index >= 15 is 0 Å². The predicted octanol–water partition coefficient (Wildman–Crippen LogP) is 1.39. The molecule has 6 heteroatoms. The molecule has 1 amide bonds. The molecule has 100 valence electrons. The van der Waals surface area contributed by atoms with Gasteiger partial charge in [-0.2, -0.15) is 0 Å². The maximum atomic E-state index is 11.3. The molecule has 0 fully saturated rings. The van der Waals surface area contributed by atoms with Gasteiger partial charge in [0.1, 0.15) is 5.60 Å². The van der Waals surface area contributed by atoms with Crippen LogP contribution in [0.15, 0.2) is 0 Å². The molecule has 0 aliphatic carbocycles. The highest BCUT2D eigenvalue weighted by Gasteiger charge is 2.18. The lowest BCUT2D eigenvalue weighted by Crippen LogP contribution is -2.38. The van der Waals surface area contributed by atoms with E-state index in [9.17, 15) is 9.59 Å². The molecule has 0 aromatic rings. The van der Waals surface area contributed by atoms with Crippen LogP contribution in [-0.4, -0.2) is 41.5 Å². The van der Waals surface area contributed by atoms with Gasteiger partial charge in [0.2, 0.25) is 0 Å². The Bertz CT molecular complexity index is 272. The van der Waals surface area contributed by atoms with E-state index in [1.807, 2.05) is 0 Å². The van der Waals surface area contributed by atoms with Crippen molar-refractivity contribution in [1.82, 2.24) is 5.32 Å². The molecule has 0 rings (SSSR count). The quantitative estimate of drug-likeness (QED) is 0.766. The van der Waals surface area contributed by atoms with Gasteiger partial charge < -0.3 is 19.9 Å². The zero-order valence-electron chi connectivity index (χ0n) is 10.9. The fraction of sp³-hybridized carbons (Fsp3) is 0.818. The standard InChI is InChI=1S/C11H21NO5/c1-7(16-8(2)9(13)14)6-12-10(15)17-11(3,4)5/h7-8H,6H2,1-5H3,(H,12,15)(H,13,14)/t7-,8-/m0/s1. The fourth-order valence-electron chi connectivity index (χ4n) is 0.996. The van der Waals surface area contributed by atoms with Crippen LogP contribution >= 0.6 is 0 Å². The molecule has 0 aromatic heterocycles. The Morgan fingerprint density at radius 3 is 2.24 bits per heavy atom. The Morgan fingerprint density at radius 1 is 1.29 bits per heavy atom. The second kappa shape index (κ2) is 6.44. The summed E-state index contributed by atoms with van der Waals surface area (Å²) in [5, 5.41) is 11.1. The van der Waals surface area contributed by atoms with Crippen molar-refractivity contribution in [3.05, 3.63) is 0 Å². The highest BCUT2D eigenvalue weighted by atomic mass is 16.6. The smallest absolute Gasteiger partial charge is 0.407 e. The summed E-state index contributed by atoms with van der Waals surface area (Å²) in [5.74, 6) is -1.03. The van der Waals surface area contributed by atoms with E-state index < -0.39 is 29.9 Å². The van der Waals surface area contributed by atoms with Crippen LogP contribution < -0.4 is 5.32 Å². The van der Waals surface area contributed by atoms with E-state index in [1.54, 1.807) is 27.7 Å². The summed E-state index contributed by atoms with van der Waals surface area (Å²) in [6.45, 7) is 8.60. The zero-order chi connectivity index (χ0) is 13.6. The maximum Gasteiger partial charge on any atom is 0.407 e. The monoisotopic (exact) mass is 247 g/mol. The van der Waals surface area contributed by atoms with Crippen molar-refractivity contribution in [3.63, 3.8) is 0 Å². The molecule has 0 saturated heterocycles. The van der Waals surface area contributed by atoms with Crippen LogP contribution in [0.2, 0.25) is 0 Å². The van der Waals surface area contributed by atoms with E-state index in [0.717, 1.165) is 0 Å². The molecule has 0 aliphatic heterocycles. The molecule has 0 saturated carbocycles. The number of carbonyl (C=O) groups is 2. The van der Waals surface area contributed by atoms with E-state index in [-0.39, 0.29) is 6.54 Å². The highest BCUT2D eigenvalue weighted by Crippen LogP contribution is 2.06. The molecule has 0 heterocycles. The van der Waals surface area contributed by atoms with Gasteiger partial charge in [-0.15, -0.1) is 0 Å². The lowest BCUT2D eigenvalue weighted by Gasteiger charge is -2.21. The van der Waals surface area contributed by atoms with E-state index in [1.165, 1.54) is 6.92 Å². The van der Waals surface area contributed by atoms with Crippen molar-refractivity contribution in [1.29, 1.82) is 0 Å². The third-order valence-electron chi connectivity index (χ3n) is 1.72. The summed E-state index contributed by atoms with van der Waals surface area (Å²) in [7, 11) is 0. The predicted molar refractivity (Wildman–Crippen MR) is 61.9 cm³/mol. The number of nitrogens with one attached hydrogen (secondary N) is 1. The molecule has 0 unspecified atom stereocenters. The maximum absolute atomic E-state index is 11.3. The third kappa shape index (κ3) is 8.50. The second-order valence-corrected chi connectivity index (χ2v) is 4.81. The number of alkyl carbamates (subject to hydrolysis) is 1. The number of aliphatic carboxylic acids is 1. The zero-order valence-corrected chi connectivity index (χ0v) is 10.9. The average Bonchev–Trinajstić information content (AvgIpc) is 2.11. The number of ether oxygens (including phenoxy) is 2. The normalized spacial score (nSPS) is 14.9. The number of hydrogen-bond donors (Lipinski definition) is 2. The van der Waals surface area contributed by atoms with Crippen molar-refractivity contribution in [2.75, 3.05) is 6.54 Å². The summed E-state index contributed by atoms with van der Waals surface area (Å²) in [6, 6.07) is 0. The van der Waals surface area contributed by atoms with Gasteiger partial charge in [-0.25, -0.2) is 9.59 Å². The van der Waals surface area contributed by atoms with Gasteiger partial charge in [-0.1, -0.05) is 0 Å². The van der Waals surface area contributed by atoms with Gasteiger partial charge in [0.15, 0.2) is 6.10 Å². The van der Waals surface area contributed by atoms with Crippen molar-refractivity contribution < 1.29 is 24.2 Å². The van der Waals surface area contributed by atoms with Crippen LogP contribution in [0.1, 0.15) is 34.6 Å². The van der Waals surface area contributed by atoms with E-state index in [4.69, 9.17) is 14.6 Å². The minimum atomic E-state index is -1.03. The van der Waals surface area contributed by atoms with Crippen molar-refractivity contribution in [2.24, 2.45) is 0 Å². The molecule has 0 aromatic carbocycles. The number of rotatable bonds is 5. The molecule has 0 bridgehead atoms. The van der Waals surface area contributed by atoms with Gasteiger partial charge >= 0.3 is 12.1 Å². The number of carbonyl (C=O) groups excluding carboxylic acids is 1. The average molecular weight is 247 g/mol. The van der Waals surface area contributed by atoms with Crippen LogP contribution in [0.4, 0.5) is 4.79 Å². The van der Waals surface area contributed by atoms with Gasteiger partial charge in [0.25, 0.3) is 0 Å². The summed E-state index contributed by atoms with van der Waals surface area (Å²) in [6.07, 6.45) is -1.84. The van der Waals surface area contributed by atoms with Crippen molar-refractivity contribution >= 4 is 12.1 Å². The summed E-state index contributed by atoms with van der Waals surface area (Å²) < 4.78 is 10.1. The first-order chi connectivity index (χ1) is 7.61. The first-order valence-corrected chi connectivity index (χ1v) is 5.47. The lowest BCUT2D eigenvalue weighted by molar-refractivity contribution is -0.152. The van der Waals surface area contributed by atoms with Crippen LogP contribution in [0.3, 0.4) is 0 Å². The summed E-state index contributed by atoms with van der Waals surface area (Å²) in [4.78, 5) is 21.8. The van der Waals surface area contributed by atoms with Crippen LogP contribution in [-0.2, 0) is 14.3 Å². The van der Waals surface area contributed by atoms with Crippen LogP contribution in [0.25, 0.3) is 0 Å². The number of hydrogen-bond acceptors (Lipinski definition) is 4. The first kappa shape index (κ1) is 15.7. The number of carboxylic acids is 1. The molecule has 17 heavy (non-hydrogen) atoms. The molecule has 0 spiro atoms. The first-order valence-electron chi connectivity index (χ1n) is 5.47. The second-order valence-electron chi connectivity index (χ2n) is 4.81. The molecule has 2 atom stereocenters. The molecule has 6 nitrogen and oxygen atoms in total. The minimum absolute atomic E-state index is 0.201. The Balaban J connectivity index is 3.88. The third-order valence-corrected chi connectivity index (χ3v) is 1.72. The fourth-order valence-corrected chi connectivity index (χ4v) is 0.996. The Morgan fingerprint density at radius 2 is 1.82 bits per heavy atom. The van der Waals surface area contributed by atoms with E-state index in [2.05, 4.69) is 5.32 Å². The number of carboxylic acid groups (broad SMARTS) is 1. The molecular weight excluding hydrogens is 226 g/mol. The molecular formula is C11H21NO5. The topological polar surface area (TPSA) is 84.9 Å². The molecule has 2 N–H and O–H groups in total. The summed E-state index contributed by atoms with van der Waals surface area (Å²) >= 11 is 0. The van der Waals surface area contributed by atoms with Crippen LogP contribution in [0.5, 0.6) is 0 Å². The van der Waals surface area contributed by atoms with Crippen molar-refractivity contribution in [2.45, 2.75) is 52.4 Å². The largest absolute Gasteiger partial charge is 0.479 e. The Labute approximate surface area is 101 Å². The Hall–Kier alpha value is -1.30. The van der Waals surface area contributed by atoms with Gasteiger partial charge in [0, 0.05) is 6.54 Å². The highest BCUT2D eigenvalue weighted by molar-refractivity contribution is 5.71. The minimum Gasteiger partial charge on any atom is -0.479 e. The summed E-state index contributed by atoms with van der Waals surface area (Å²) in [5.41, 5.74) is -0.553. The SMILES string of the molecule is C[C@H](O[C@@H](C)CNC(=O)OC(C)(C)C)C(=O)O. The van der Waals surface area contributed by atoms with Gasteiger partial charge in [-0.3, -0.25) is 0 Å².